The topological polar surface area (TPSA) is 158 Å². The summed E-state index contributed by atoms with van der Waals surface area (Å²) < 4.78 is 1.50. The lowest BCUT2D eigenvalue weighted by Gasteiger charge is -2.17. The molecule has 1 fully saturated rings. The highest BCUT2D eigenvalue weighted by Crippen LogP contribution is 2.37. The highest BCUT2D eigenvalue weighted by molar-refractivity contribution is 7.99. The first-order valence-corrected chi connectivity index (χ1v) is 13.3. The van der Waals surface area contributed by atoms with Gasteiger partial charge in [0, 0.05) is 24.4 Å². The molecule has 4 rings (SSSR count). The molecule has 12 heteroatoms. The lowest BCUT2D eigenvalue weighted by molar-refractivity contribution is -0.129. The summed E-state index contributed by atoms with van der Waals surface area (Å²) in [7, 11) is 0. The highest BCUT2D eigenvalue weighted by Gasteiger charge is 2.47. The monoisotopic (exact) mass is 515 g/mol. The average molecular weight is 516 g/mol. The number of fused-ring (bicyclic) bond motifs is 1. The molecule has 1 aromatic carbocycles. The minimum Gasteiger partial charge on any atom is -0.508 e. The van der Waals surface area contributed by atoms with Crippen LogP contribution in [0.25, 0.3) is 11.2 Å². The Kier molecular flexibility index (Phi) is 8.60. The van der Waals surface area contributed by atoms with Gasteiger partial charge in [-0.3, -0.25) is 4.79 Å². The van der Waals surface area contributed by atoms with E-state index in [0.29, 0.717) is 27.7 Å². The maximum absolute atomic E-state index is 12.9. The average Bonchev–Trinajstić information content (AvgIpc) is 3.43. The van der Waals surface area contributed by atoms with Gasteiger partial charge >= 0.3 is 0 Å². The van der Waals surface area contributed by atoms with Gasteiger partial charge in [0.05, 0.1) is 18.1 Å². The van der Waals surface area contributed by atoms with Gasteiger partial charge in [-0.05, 0) is 25.3 Å². The van der Waals surface area contributed by atoms with E-state index in [1.807, 2.05) is 0 Å². The number of carbonyl (C=O) groups is 1. The van der Waals surface area contributed by atoms with Gasteiger partial charge in [-0.15, -0.1) is 5.10 Å². The minimum atomic E-state index is -1.28. The third-order valence-electron chi connectivity index (χ3n) is 6.31. The van der Waals surface area contributed by atoms with Crippen LogP contribution in [0.1, 0.15) is 51.1 Å². The predicted octanol–water partition coefficient (Wildman–Crippen LogP) is 2.24. The van der Waals surface area contributed by atoms with E-state index < -0.39 is 30.1 Å². The van der Waals surface area contributed by atoms with Crippen LogP contribution in [-0.4, -0.2) is 70.7 Å². The Hall–Kier alpha value is -2.96. The number of aromatic nitrogens is 5. The van der Waals surface area contributed by atoms with Gasteiger partial charge in [0.2, 0.25) is 5.91 Å². The number of aromatic hydroxyl groups is 1. The molecule has 5 N–H and O–H groups in total. The molecule has 11 nitrogen and oxygen atoms in total. The number of amides is 1. The Morgan fingerprint density at radius 1 is 1.17 bits per heavy atom. The van der Waals surface area contributed by atoms with E-state index in [0.717, 1.165) is 31.6 Å². The van der Waals surface area contributed by atoms with Crippen molar-refractivity contribution in [1.82, 2.24) is 30.3 Å². The van der Waals surface area contributed by atoms with E-state index in [4.69, 9.17) is 0 Å². The highest BCUT2D eigenvalue weighted by atomic mass is 32.2. The number of hydrogen-bond acceptors (Lipinski definition) is 10. The predicted molar refractivity (Wildman–Crippen MR) is 137 cm³/mol. The van der Waals surface area contributed by atoms with Gasteiger partial charge < -0.3 is 26.0 Å². The summed E-state index contributed by atoms with van der Waals surface area (Å²) in [6, 6.07) is 6.03. The standard InChI is InChI=1S/C24H33N7O4S/c1-3-5-10-25-21-18-22(28-24(27-21)36-11-4-2)31(30-29-18)16-12-15(19(33)20(16)34)23(35)26-13-14-8-6-7-9-17(14)32/h6-9,15-16,19-20,32-34H,3-5,10-13H2,1-2H3,(H,26,35)(H,25,27,28)/t15-,16?,19?,20?/m0/s1. The van der Waals surface area contributed by atoms with E-state index in [2.05, 4.69) is 44.8 Å². The van der Waals surface area contributed by atoms with E-state index >= 15 is 0 Å². The Morgan fingerprint density at radius 3 is 2.72 bits per heavy atom. The van der Waals surface area contributed by atoms with Crippen LogP contribution in [0, 0.1) is 5.92 Å². The Bertz CT molecular complexity index is 1190. The van der Waals surface area contributed by atoms with Crippen LogP contribution < -0.4 is 10.6 Å². The number of anilines is 1. The number of nitrogens with one attached hydrogen (secondary N) is 2. The third kappa shape index (κ3) is 5.55. The molecule has 2 heterocycles. The van der Waals surface area contributed by atoms with Crippen molar-refractivity contribution in [3.8, 4) is 5.75 Å². The van der Waals surface area contributed by atoms with Gasteiger partial charge in [0.1, 0.15) is 11.9 Å². The molecule has 0 radical (unpaired) electrons. The number of phenols is 1. The number of carbonyl (C=O) groups excluding carboxylic acids is 1. The van der Waals surface area contributed by atoms with Crippen LogP contribution in [0.2, 0.25) is 0 Å². The number of benzene rings is 1. The fourth-order valence-corrected chi connectivity index (χ4v) is 4.98. The summed E-state index contributed by atoms with van der Waals surface area (Å²) >= 11 is 1.53. The largest absolute Gasteiger partial charge is 0.508 e. The summed E-state index contributed by atoms with van der Waals surface area (Å²) in [4.78, 5) is 22.2. The number of aliphatic hydroxyl groups excluding tert-OH is 2. The van der Waals surface area contributed by atoms with Crippen molar-refractivity contribution in [3.63, 3.8) is 0 Å². The number of thioether (sulfide) groups is 1. The van der Waals surface area contributed by atoms with Crippen molar-refractivity contribution in [1.29, 1.82) is 0 Å². The molecule has 1 aliphatic carbocycles. The normalized spacial score (nSPS) is 21.7. The maximum atomic E-state index is 12.9. The number of unbranched alkanes of at least 4 members (excludes halogenated alkanes) is 1. The SMILES string of the molecule is CCCCNc1nc(SCCC)nc2c1nnn2C1C[C@H](C(=O)NCc2ccccc2O)C(O)C1O. The van der Waals surface area contributed by atoms with Gasteiger partial charge in [0.25, 0.3) is 0 Å². The second-order valence-electron chi connectivity index (χ2n) is 8.93. The zero-order chi connectivity index (χ0) is 25.7. The summed E-state index contributed by atoms with van der Waals surface area (Å²) in [6.07, 6.45) is 0.624. The van der Waals surface area contributed by atoms with Crippen molar-refractivity contribution in [2.75, 3.05) is 17.6 Å². The molecule has 194 valence electrons. The molecule has 0 bridgehead atoms. The lowest BCUT2D eigenvalue weighted by Crippen LogP contribution is -2.38. The Labute approximate surface area is 213 Å². The molecule has 1 aliphatic rings. The number of nitrogens with zero attached hydrogens (tertiary/aromatic N) is 5. The fourth-order valence-electron chi connectivity index (χ4n) is 4.28. The van der Waals surface area contributed by atoms with Crippen LogP contribution in [0.15, 0.2) is 29.4 Å². The molecule has 1 amide bonds. The summed E-state index contributed by atoms with van der Waals surface area (Å²) in [5, 5.41) is 46.7. The van der Waals surface area contributed by atoms with Crippen molar-refractivity contribution in [3.05, 3.63) is 29.8 Å². The number of aliphatic hydroxyl groups is 2. The van der Waals surface area contributed by atoms with Gasteiger partial charge in [-0.1, -0.05) is 55.4 Å². The molecule has 4 atom stereocenters. The first-order valence-electron chi connectivity index (χ1n) is 12.3. The van der Waals surface area contributed by atoms with Crippen molar-refractivity contribution in [2.24, 2.45) is 5.92 Å². The molecule has 1 saturated carbocycles. The zero-order valence-electron chi connectivity index (χ0n) is 20.5. The third-order valence-corrected chi connectivity index (χ3v) is 7.36. The maximum Gasteiger partial charge on any atom is 0.226 e. The molecule has 36 heavy (non-hydrogen) atoms. The summed E-state index contributed by atoms with van der Waals surface area (Å²) in [6.45, 7) is 5.04. The molecule has 2 aromatic heterocycles. The van der Waals surface area contributed by atoms with Crippen molar-refractivity contribution < 1.29 is 20.1 Å². The Morgan fingerprint density at radius 2 is 1.97 bits per heavy atom. The molecule has 0 saturated heterocycles. The Balaban J connectivity index is 1.56. The second kappa shape index (κ2) is 11.8. The molecular weight excluding hydrogens is 482 g/mol. The summed E-state index contributed by atoms with van der Waals surface area (Å²) in [5.41, 5.74) is 1.50. The van der Waals surface area contributed by atoms with Gasteiger partial charge in [-0.25, -0.2) is 14.6 Å². The molecule has 0 spiro atoms. The minimum absolute atomic E-state index is 0.0801. The molecule has 3 unspecified atom stereocenters. The van der Waals surface area contributed by atoms with Crippen molar-refractivity contribution >= 4 is 34.7 Å². The quantitative estimate of drug-likeness (QED) is 0.146. The fraction of sp³-hybridized carbons (Fsp3) is 0.542. The van der Waals surface area contributed by atoms with E-state index in [1.165, 1.54) is 16.4 Å². The molecular formula is C24H33N7O4S. The van der Waals surface area contributed by atoms with E-state index in [-0.39, 0.29) is 18.7 Å². The van der Waals surface area contributed by atoms with Crippen molar-refractivity contribution in [2.45, 2.75) is 69.5 Å². The smallest absolute Gasteiger partial charge is 0.226 e. The van der Waals surface area contributed by atoms with Crippen LogP contribution in [-0.2, 0) is 11.3 Å². The van der Waals surface area contributed by atoms with Crippen LogP contribution in [0.3, 0.4) is 0 Å². The molecule has 0 aliphatic heterocycles. The van der Waals surface area contributed by atoms with Crippen LogP contribution in [0.4, 0.5) is 5.82 Å². The number of rotatable bonds is 11. The lowest BCUT2D eigenvalue weighted by atomic mass is 10.0. The first kappa shape index (κ1) is 26.1. The first-order chi connectivity index (χ1) is 17.4. The summed E-state index contributed by atoms with van der Waals surface area (Å²) in [5.74, 6) is 0.256. The van der Waals surface area contributed by atoms with Gasteiger partial charge in [0.15, 0.2) is 22.1 Å². The number of hydrogen-bond donors (Lipinski definition) is 5. The number of phenolic OH excluding ortho intramolecular Hbond substituents is 1. The van der Waals surface area contributed by atoms with E-state index in [1.54, 1.807) is 24.3 Å². The number of para-hydroxylation sites is 1. The van der Waals surface area contributed by atoms with Gasteiger partial charge in [-0.2, -0.15) is 0 Å². The molecule has 3 aromatic rings. The van der Waals surface area contributed by atoms with Crippen LogP contribution >= 0.6 is 11.8 Å². The van der Waals surface area contributed by atoms with E-state index in [9.17, 15) is 20.1 Å². The van der Waals surface area contributed by atoms with Crippen LogP contribution in [0.5, 0.6) is 5.75 Å². The zero-order valence-corrected chi connectivity index (χ0v) is 21.3. The second-order valence-corrected chi connectivity index (χ2v) is 9.99.